The molecular formula is C10H21NO2. The van der Waals surface area contributed by atoms with Crippen LogP contribution in [0.4, 0.5) is 0 Å². The summed E-state index contributed by atoms with van der Waals surface area (Å²) < 4.78 is 4.52. The lowest BCUT2D eigenvalue weighted by Gasteiger charge is -2.11. The second-order valence-electron chi connectivity index (χ2n) is 3.35. The molecule has 0 aliphatic rings. The van der Waals surface area contributed by atoms with Crippen LogP contribution in [0.25, 0.3) is 0 Å². The van der Waals surface area contributed by atoms with Crippen molar-refractivity contribution in [2.45, 2.75) is 45.6 Å². The summed E-state index contributed by atoms with van der Waals surface area (Å²) in [5.74, 6) is -0.192. The lowest BCUT2D eigenvalue weighted by atomic mass is 10.1. The molecule has 1 unspecified atom stereocenters. The summed E-state index contributed by atoms with van der Waals surface area (Å²) in [4.78, 5) is 10.8. The highest BCUT2D eigenvalue weighted by atomic mass is 16.5. The summed E-state index contributed by atoms with van der Waals surface area (Å²) in [6.07, 6.45) is 4.87. The Morgan fingerprint density at radius 2 is 2.15 bits per heavy atom. The minimum atomic E-state index is -0.192. The molecule has 0 aromatic heterocycles. The van der Waals surface area contributed by atoms with Crippen LogP contribution in [0.5, 0.6) is 0 Å². The van der Waals surface area contributed by atoms with Gasteiger partial charge in [-0.15, -0.1) is 0 Å². The van der Waals surface area contributed by atoms with Crippen molar-refractivity contribution in [3.05, 3.63) is 0 Å². The van der Waals surface area contributed by atoms with Crippen molar-refractivity contribution in [2.75, 3.05) is 13.7 Å². The van der Waals surface area contributed by atoms with Gasteiger partial charge in [-0.2, -0.15) is 0 Å². The third kappa shape index (κ3) is 7.78. The molecule has 0 aromatic carbocycles. The second-order valence-corrected chi connectivity index (χ2v) is 3.35. The zero-order chi connectivity index (χ0) is 10.1. The van der Waals surface area contributed by atoms with E-state index in [0.29, 0.717) is 12.6 Å². The molecule has 3 nitrogen and oxygen atoms in total. The summed E-state index contributed by atoms with van der Waals surface area (Å²) in [5, 5.41) is 3.12. The number of carbonyl (C=O) groups is 1. The van der Waals surface area contributed by atoms with Gasteiger partial charge < -0.3 is 10.1 Å². The largest absolute Gasteiger partial charge is 0.468 e. The number of esters is 1. The van der Waals surface area contributed by atoms with Crippen LogP contribution in [-0.2, 0) is 9.53 Å². The first-order valence-corrected chi connectivity index (χ1v) is 5.00. The molecule has 0 aromatic rings. The Balaban J connectivity index is 3.29. The van der Waals surface area contributed by atoms with Crippen molar-refractivity contribution in [3.8, 4) is 0 Å². The van der Waals surface area contributed by atoms with Gasteiger partial charge in [0.15, 0.2) is 0 Å². The number of methoxy groups -OCH3 is 1. The third-order valence-corrected chi connectivity index (χ3v) is 2.06. The molecule has 1 atom stereocenters. The zero-order valence-corrected chi connectivity index (χ0v) is 8.93. The minimum absolute atomic E-state index is 0.192. The Kier molecular flexibility index (Phi) is 7.69. The monoisotopic (exact) mass is 187 g/mol. The fourth-order valence-electron chi connectivity index (χ4n) is 1.13. The van der Waals surface area contributed by atoms with Crippen LogP contribution >= 0.6 is 0 Å². The molecular weight excluding hydrogens is 166 g/mol. The number of rotatable bonds is 7. The molecule has 0 aliphatic carbocycles. The predicted octanol–water partition coefficient (Wildman–Crippen LogP) is 1.72. The van der Waals surface area contributed by atoms with E-state index in [-0.39, 0.29) is 5.97 Å². The highest BCUT2D eigenvalue weighted by Crippen LogP contribution is 2.02. The zero-order valence-electron chi connectivity index (χ0n) is 8.93. The van der Waals surface area contributed by atoms with Gasteiger partial charge in [-0.05, 0) is 13.3 Å². The summed E-state index contributed by atoms with van der Waals surface area (Å²) in [5.41, 5.74) is 0. The van der Waals surface area contributed by atoms with Crippen LogP contribution in [0.15, 0.2) is 0 Å². The van der Waals surface area contributed by atoms with Crippen LogP contribution in [0.1, 0.15) is 39.5 Å². The van der Waals surface area contributed by atoms with E-state index in [1.807, 2.05) is 0 Å². The van der Waals surface area contributed by atoms with E-state index in [0.717, 1.165) is 6.42 Å². The SMILES string of the molecule is CCCCCC(C)NCC(=O)OC. The summed E-state index contributed by atoms with van der Waals surface area (Å²) >= 11 is 0. The third-order valence-electron chi connectivity index (χ3n) is 2.06. The highest BCUT2D eigenvalue weighted by Gasteiger charge is 2.04. The molecule has 0 fully saturated rings. The maximum atomic E-state index is 10.8. The molecule has 0 aliphatic heterocycles. The molecule has 0 rings (SSSR count). The van der Waals surface area contributed by atoms with Gasteiger partial charge in [0.25, 0.3) is 0 Å². The van der Waals surface area contributed by atoms with E-state index in [9.17, 15) is 4.79 Å². The van der Waals surface area contributed by atoms with Crippen molar-refractivity contribution >= 4 is 5.97 Å². The molecule has 0 amide bonds. The van der Waals surface area contributed by atoms with Gasteiger partial charge in [-0.3, -0.25) is 4.79 Å². The fourth-order valence-corrected chi connectivity index (χ4v) is 1.13. The Labute approximate surface area is 80.8 Å². The van der Waals surface area contributed by atoms with Gasteiger partial charge in [0, 0.05) is 6.04 Å². The second kappa shape index (κ2) is 8.05. The van der Waals surface area contributed by atoms with Gasteiger partial charge in [0.1, 0.15) is 0 Å². The molecule has 0 spiro atoms. The molecule has 3 heteroatoms. The quantitative estimate of drug-likeness (QED) is 0.487. The van der Waals surface area contributed by atoms with Crippen LogP contribution in [0.2, 0.25) is 0 Å². The van der Waals surface area contributed by atoms with Crippen molar-refractivity contribution in [1.29, 1.82) is 0 Å². The van der Waals surface area contributed by atoms with Gasteiger partial charge in [-0.1, -0.05) is 26.2 Å². The Bertz CT molecular complexity index is 137. The maximum absolute atomic E-state index is 10.8. The minimum Gasteiger partial charge on any atom is -0.468 e. The van der Waals surface area contributed by atoms with Crippen molar-refractivity contribution in [2.24, 2.45) is 0 Å². The first-order chi connectivity index (χ1) is 6.20. The van der Waals surface area contributed by atoms with E-state index in [1.54, 1.807) is 0 Å². The maximum Gasteiger partial charge on any atom is 0.319 e. The topological polar surface area (TPSA) is 38.3 Å². The number of ether oxygens (including phenoxy) is 1. The van der Waals surface area contributed by atoms with E-state index in [2.05, 4.69) is 23.9 Å². The number of nitrogens with one attached hydrogen (secondary N) is 1. The molecule has 1 N–H and O–H groups in total. The first kappa shape index (κ1) is 12.4. The molecule has 13 heavy (non-hydrogen) atoms. The molecule has 0 saturated heterocycles. The molecule has 78 valence electrons. The Morgan fingerprint density at radius 3 is 2.69 bits per heavy atom. The van der Waals surface area contributed by atoms with Crippen LogP contribution in [-0.4, -0.2) is 25.7 Å². The summed E-state index contributed by atoms with van der Waals surface area (Å²) in [6, 6.07) is 0.408. The van der Waals surface area contributed by atoms with Crippen LogP contribution in [0, 0.1) is 0 Å². The predicted molar refractivity (Wildman–Crippen MR) is 53.6 cm³/mol. The number of unbranched alkanes of at least 4 members (excludes halogenated alkanes) is 2. The van der Waals surface area contributed by atoms with E-state index < -0.39 is 0 Å². The van der Waals surface area contributed by atoms with Gasteiger partial charge >= 0.3 is 5.97 Å². The number of carbonyl (C=O) groups excluding carboxylic acids is 1. The smallest absolute Gasteiger partial charge is 0.319 e. The van der Waals surface area contributed by atoms with Crippen molar-refractivity contribution in [1.82, 2.24) is 5.32 Å². The van der Waals surface area contributed by atoms with Gasteiger partial charge in [0.05, 0.1) is 13.7 Å². The van der Waals surface area contributed by atoms with E-state index >= 15 is 0 Å². The lowest BCUT2D eigenvalue weighted by Crippen LogP contribution is -2.31. The average Bonchev–Trinajstić information content (AvgIpc) is 2.14. The number of hydrogen-bond donors (Lipinski definition) is 1. The highest BCUT2D eigenvalue weighted by molar-refractivity contribution is 5.71. The van der Waals surface area contributed by atoms with E-state index in [1.165, 1.54) is 26.4 Å². The normalized spacial score (nSPS) is 12.5. The number of hydrogen-bond acceptors (Lipinski definition) is 3. The molecule has 0 radical (unpaired) electrons. The molecule has 0 saturated carbocycles. The van der Waals surface area contributed by atoms with Crippen molar-refractivity contribution in [3.63, 3.8) is 0 Å². The lowest BCUT2D eigenvalue weighted by molar-refractivity contribution is -0.139. The molecule has 0 bridgehead atoms. The van der Waals surface area contributed by atoms with Gasteiger partial charge in [0.2, 0.25) is 0 Å². The fraction of sp³-hybridized carbons (Fsp3) is 0.900. The van der Waals surface area contributed by atoms with Crippen molar-refractivity contribution < 1.29 is 9.53 Å². The summed E-state index contributed by atoms with van der Waals surface area (Å²) in [7, 11) is 1.41. The standard InChI is InChI=1S/C10H21NO2/c1-4-5-6-7-9(2)11-8-10(12)13-3/h9,11H,4-8H2,1-3H3. The van der Waals surface area contributed by atoms with Gasteiger partial charge in [-0.25, -0.2) is 0 Å². The molecule has 0 heterocycles. The average molecular weight is 187 g/mol. The summed E-state index contributed by atoms with van der Waals surface area (Å²) in [6.45, 7) is 4.61. The van der Waals surface area contributed by atoms with E-state index in [4.69, 9.17) is 0 Å². The first-order valence-electron chi connectivity index (χ1n) is 5.00. The van der Waals surface area contributed by atoms with Crippen LogP contribution in [0.3, 0.4) is 0 Å². The van der Waals surface area contributed by atoms with Crippen LogP contribution < -0.4 is 5.32 Å². The Hall–Kier alpha value is -0.570. The Morgan fingerprint density at radius 1 is 1.46 bits per heavy atom.